The number of piperidine rings is 1. The fourth-order valence-corrected chi connectivity index (χ4v) is 2.59. The summed E-state index contributed by atoms with van der Waals surface area (Å²) in [7, 11) is 1.62. The smallest absolute Gasteiger partial charge is 0.227 e. The van der Waals surface area contributed by atoms with E-state index in [1.54, 1.807) is 18.9 Å². The van der Waals surface area contributed by atoms with E-state index in [0.717, 1.165) is 29.8 Å². The van der Waals surface area contributed by atoms with E-state index >= 15 is 0 Å². The van der Waals surface area contributed by atoms with E-state index in [1.807, 2.05) is 25.1 Å². The molecule has 2 rings (SSSR count). The van der Waals surface area contributed by atoms with E-state index in [-0.39, 0.29) is 17.7 Å². The van der Waals surface area contributed by atoms with Crippen molar-refractivity contribution in [2.24, 2.45) is 5.92 Å². The van der Waals surface area contributed by atoms with Crippen LogP contribution >= 0.6 is 0 Å². The van der Waals surface area contributed by atoms with Crippen LogP contribution in [0.5, 0.6) is 5.75 Å². The van der Waals surface area contributed by atoms with Crippen molar-refractivity contribution in [3.8, 4) is 5.75 Å². The van der Waals surface area contributed by atoms with Gasteiger partial charge in [-0.1, -0.05) is 0 Å². The van der Waals surface area contributed by atoms with E-state index in [2.05, 4.69) is 5.32 Å². The lowest BCUT2D eigenvalue weighted by molar-refractivity contribution is -0.132. The lowest BCUT2D eigenvalue weighted by atomic mass is 9.95. The number of hydrogen-bond donors (Lipinski definition) is 1. The fraction of sp³-hybridized carbons (Fsp3) is 0.500. The zero-order chi connectivity index (χ0) is 15.4. The highest BCUT2D eigenvalue weighted by Crippen LogP contribution is 2.24. The zero-order valence-corrected chi connectivity index (χ0v) is 12.8. The molecule has 0 atom stereocenters. The molecule has 2 amide bonds. The predicted molar refractivity (Wildman–Crippen MR) is 81.3 cm³/mol. The Bertz CT molecular complexity index is 534. The lowest BCUT2D eigenvalue weighted by Crippen LogP contribution is -2.40. The monoisotopic (exact) mass is 290 g/mol. The summed E-state index contributed by atoms with van der Waals surface area (Å²) in [5, 5.41) is 2.98. The highest BCUT2D eigenvalue weighted by atomic mass is 16.5. The molecule has 0 bridgehead atoms. The van der Waals surface area contributed by atoms with Gasteiger partial charge in [-0.25, -0.2) is 0 Å². The largest absolute Gasteiger partial charge is 0.497 e. The van der Waals surface area contributed by atoms with E-state index < -0.39 is 0 Å². The Morgan fingerprint density at radius 2 is 1.95 bits per heavy atom. The molecular weight excluding hydrogens is 268 g/mol. The molecule has 1 fully saturated rings. The number of hydrogen-bond acceptors (Lipinski definition) is 3. The first-order valence-corrected chi connectivity index (χ1v) is 7.22. The Hall–Kier alpha value is -2.04. The molecule has 1 N–H and O–H groups in total. The Morgan fingerprint density at radius 3 is 2.48 bits per heavy atom. The third-order valence-corrected chi connectivity index (χ3v) is 4.00. The van der Waals surface area contributed by atoms with Crippen LogP contribution in [-0.2, 0) is 9.59 Å². The molecule has 0 aromatic heterocycles. The fourth-order valence-electron chi connectivity index (χ4n) is 2.59. The average molecular weight is 290 g/mol. The molecule has 1 heterocycles. The number of likely N-dealkylation sites (tertiary alicyclic amines) is 1. The third kappa shape index (κ3) is 3.74. The average Bonchev–Trinajstić information content (AvgIpc) is 2.49. The van der Waals surface area contributed by atoms with Gasteiger partial charge >= 0.3 is 0 Å². The predicted octanol–water partition coefficient (Wildman–Crippen LogP) is 2.20. The van der Waals surface area contributed by atoms with Gasteiger partial charge in [0.15, 0.2) is 0 Å². The van der Waals surface area contributed by atoms with Gasteiger partial charge < -0.3 is 15.0 Å². The molecule has 1 aliphatic rings. The van der Waals surface area contributed by atoms with Gasteiger partial charge in [-0.05, 0) is 43.5 Å². The van der Waals surface area contributed by atoms with Crippen LogP contribution in [0.2, 0.25) is 0 Å². The minimum Gasteiger partial charge on any atom is -0.497 e. The lowest BCUT2D eigenvalue weighted by Gasteiger charge is -2.30. The van der Waals surface area contributed by atoms with Gasteiger partial charge in [-0.3, -0.25) is 9.59 Å². The topological polar surface area (TPSA) is 58.6 Å². The summed E-state index contributed by atoms with van der Waals surface area (Å²) in [6, 6.07) is 5.59. The number of nitrogens with zero attached hydrogens (tertiary/aromatic N) is 1. The summed E-state index contributed by atoms with van der Waals surface area (Å²) in [5.74, 6) is 0.869. The molecule has 21 heavy (non-hydrogen) atoms. The first kappa shape index (κ1) is 15.4. The minimum absolute atomic E-state index is 0.0258. The molecule has 5 nitrogen and oxygen atoms in total. The standard InChI is InChI=1S/C16H22N2O3/c1-11-10-14(21-3)4-5-15(11)17-16(20)13-6-8-18(9-7-13)12(2)19/h4-5,10,13H,6-9H2,1-3H3,(H,17,20). The Morgan fingerprint density at radius 1 is 1.29 bits per heavy atom. The van der Waals surface area contributed by atoms with Crippen molar-refractivity contribution < 1.29 is 14.3 Å². The quantitative estimate of drug-likeness (QED) is 0.928. The number of amides is 2. The van der Waals surface area contributed by atoms with Crippen molar-refractivity contribution in [1.82, 2.24) is 4.90 Å². The van der Waals surface area contributed by atoms with Gasteiger partial charge in [0.05, 0.1) is 7.11 Å². The second-order valence-corrected chi connectivity index (χ2v) is 5.45. The summed E-state index contributed by atoms with van der Waals surface area (Å²) in [4.78, 5) is 25.4. The maximum absolute atomic E-state index is 12.3. The molecular formula is C16H22N2O3. The van der Waals surface area contributed by atoms with Crippen LogP contribution in [0.15, 0.2) is 18.2 Å². The molecule has 0 radical (unpaired) electrons. The van der Waals surface area contributed by atoms with Crippen LogP contribution in [0.4, 0.5) is 5.69 Å². The number of anilines is 1. The van der Waals surface area contributed by atoms with Gasteiger partial charge in [-0.2, -0.15) is 0 Å². The van der Waals surface area contributed by atoms with Crippen molar-refractivity contribution in [2.45, 2.75) is 26.7 Å². The van der Waals surface area contributed by atoms with Gasteiger partial charge in [-0.15, -0.1) is 0 Å². The highest BCUT2D eigenvalue weighted by Gasteiger charge is 2.26. The van der Waals surface area contributed by atoms with Crippen molar-refractivity contribution >= 4 is 17.5 Å². The van der Waals surface area contributed by atoms with Crippen molar-refractivity contribution in [3.63, 3.8) is 0 Å². The van der Waals surface area contributed by atoms with Crippen LogP contribution < -0.4 is 10.1 Å². The Balaban J connectivity index is 1.95. The van der Waals surface area contributed by atoms with Crippen LogP contribution in [0.25, 0.3) is 0 Å². The normalized spacial score (nSPS) is 15.7. The third-order valence-electron chi connectivity index (χ3n) is 4.00. The molecule has 0 spiro atoms. The summed E-state index contributed by atoms with van der Waals surface area (Å²) >= 11 is 0. The van der Waals surface area contributed by atoms with Crippen LogP contribution in [-0.4, -0.2) is 36.9 Å². The molecule has 0 saturated carbocycles. The molecule has 1 aliphatic heterocycles. The second kappa shape index (κ2) is 6.61. The van der Waals surface area contributed by atoms with Gasteiger partial charge in [0.25, 0.3) is 0 Å². The zero-order valence-electron chi connectivity index (χ0n) is 12.8. The summed E-state index contributed by atoms with van der Waals surface area (Å²) in [5.41, 5.74) is 1.79. The number of methoxy groups -OCH3 is 1. The molecule has 0 aliphatic carbocycles. The van der Waals surface area contributed by atoms with Gasteiger partial charge in [0.2, 0.25) is 11.8 Å². The van der Waals surface area contributed by atoms with E-state index in [4.69, 9.17) is 4.74 Å². The molecule has 1 aromatic carbocycles. The second-order valence-electron chi connectivity index (χ2n) is 5.45. The van der Waals surface area contributed by atoms with E-state index in [1.165, 1.54) is 0 Å². The first-order valence-electron chi connectivity index (χ1n) is 7.22. The Labute approximate surface area is 125 Å². The Kier molecular flexibility index (Phi) is 4.83. The van der Waals surface area contributed by atoms with Crippen LogP contribution in [0.3, 0.4) is 0 Å². The summed E-state index contributed by atoms with van der Waals surface area (Å²) in [6.07, 6.45) is 1.45. The van der Waals surface area contributed by atoms with Crippen molar-refractivity contribution in [2.75, 3.05) is 25.5 Å². The van der Waals surface area contributed by atoms with Gasteiger partial charge in [0.1, 0.15) is 5.75 Å². The number of ether oxygens (including phenoxy) is 1. The van der Waals surface area contributed by atoms with Gasteiger partial charge in [0, 0.05) is 31.6 Å². The SMILES string of the molecule is COc1ccc(NC(=O)C2CCN(C(C)=O)CC2)c(C)c1. The number of rotatable bonds is 3. The minimum atomic E-state index is -0.0258. The molecule has 0 unspecified atom stereocenters. The van der Waals surface area contributed by atoms with E-state index in [0.29, 0.717) is 13.1 Å². The maximum atomic E-state index is 12.3. The molecule has 5 heteroatoms. The summed E-state index contributed by atoms with van der Waals surface area (Å²) < 4.78 is 5.16. The highest BCUT2D eigenvalue weighted by molar-refractivity contribution is 5.93. The summed E-state index contributed by atoms with van der Waals surface area (Å²) in [6.45, 7) is 4.83. The molecule has 1 aromatic rings. The van der Waals surface area contributed by atoms with E-state index in [9.17, 15) is 9.59 Å². The molecule has 114 valence electrons. The number of nitrogens with one attached hydrogen (secondary N) is 1. The maximum Gasteiger partial charge on any atom is 0.227 e. The number of carbonyl (C=O) groups is 2. The first-order chi connectivity index (χ1) is 10.0. The van der Waals surface area contributed by atoms with Crippen LogP contribution in [0.1, 0.15) is 25.3 Å². The van der Waals surface area contributed by atoms with Crippen molar-refractivity contribution in [1.29, 1.82) is 0 Å². The molecule has 1 saturated heterocycles. The number of carbonyl (C=O) groups excluding carboxylic acids is 2. The van der Waals surface area contributed by atoms with Crippen LogP contribution in [0, 0.1) is 12.8 Å². The van der Waals surface area contributed by atoms with Crippen molar-refractivity contribution in [3.05, 3.63) is 23.8 Å². The number of benzene rings is 1. The number of aryl methyl sites for hydroxylation is 1.